The number of nitrogens with zero attached hydrogens (tertiary/aromatic N) is 3. The number of amides is 1. The second-order valence-electron chi connectivity index (χ2n) is 9.32. The minimum Gasteiger partial charge on any atom is -0.383 e. The summed E-state index contributed by atoms with van der Waals surface area (Å²) in [4.78, 5) is 17.5. The molecule has 0 atom stereocenters. The number of hydrogen-bond donors (Lipinski definition) is 2. The number of anilines is 2. The maximum Gasteiger partial charge on any atom is 0.435 e. The number of nitrogens with two attached hydrogens (primary N) is 1. The highest BCUT2D eigenvalue weighted by molar-refractivity contribution is 7.91. The van der Waals surface area contributed by atoms with Crippen molar-refractivity contribution in [3.63, 3.8) is 0 Å². The Hall–Kier alpha value is -4.71. The molecule has 1 amide bonds. The number of hydrogen-bond acceptors (Lipinski definition) is 6. The first-order valence-corrected chi connectivity index (χ1v) is 13.7. The number of pyridine rings is 1. The van der Waals surface area contributed by atoms with Crippen molar-refractivity contribution in [1.82, 2.24) is 14.8 Å². The van der Waals surface area contributed by atoms with Crippen molar-refractivity contribution in [2.45, 2.75) is 17.5 Å². The lowest BCUT2D eigenvalue weighted by atomic mass is 10.0. The Morgan fingerprint density at radius 1 is 1.00 bits per heavy atom. The molecule has 6 rings (SSSR count). The van der Waals surface area contributed by atoms with Gasteiger partial charge in [0.05, 0.1) is 16.3 Å². The molecule has 3 N–H and O–H groups in total. The molecule has 2 aromatic heterocycles. The van der Waals surface area contributed by atoms with Gasteiger partial charge >= 0.3 is 6.18 Å². The number of carbonyl (C=O) groups excluding carboxylic acids is 1. The quantitative estimate of drug-likeness (QED) is 0.307. The fourth-order valence-electron chi connectivity index (χ4n) is 4.84. The number of sulfone groups is 1. The van der Waals surface area contributed by atoms with Gasteiger partial charge in [0.2, 0.25) is 0 Å². The van der Waals surface area contributed by atoms with Crippen LogP contribution in [-0.2, 0) is 22.4 Å². The van der Waals surface area contributed by atoms with Crippen molar-refractivity contribution in [2.75, 3.05) is 16.8 Å². The van der Waals surface area contributed by atoms with E-state index in [1.165, 1.54) is 18.3 Å². The van der Waals surface area contributed by atoms with E-state index in [2.05, 4.69) is 15.4 Å². The van der Waals surface area contributed by atoms with Crippen molar-refractivity contribution in [3.05, 3.63) is 95.9 Å². The SMILES string of the molecule is Nc1nccc2ccc(-n3nc(C(F)(F)F)cc3C(=O)Nc3ccc(-c4cccc5c4S(=O)(=O)CC5)cc3)cc12. The Labute approximate surface area is 226 Å². The summed E-state index contributed by atoms with van der Waals surface area (Å²) in [6.45, 7) is 0. The molecule has 0 saturated carbocycles. The maximum absolute atomic E-state index is 13.6. The topological polar surface area (TPSA) is 120 Å². The van der Waals surface area contributed by atoms with Crippen molar-refractivity contribution < 1.29 is 26.4 Å². The average molecular weight is 564 g/mol. The summed E-state index contributed by atoms with van der Waals surface area (Å²) in [5, 5.41) is 7.50. The third-order valence-corrected chi connectivity index (χ3v) is 8.60. The van der Waals surface area contributed by atoms with Crippen LogP contribution in [0.3, 0.4) is 0 Å². The monoisotopic (exact) mass is 563 g/mol. The van der Waals surface area contributed by atoms with Crippen LogP contribution in [-0.4, -0.2) is 34.8 Å². The predicted octanol–water partition coefficient (Wildman–Crippen LogP) is 5.27. The zero-order chi connectivity index (χ0) is 28.2. The highest BCUT2D eigenvalue weighted by atomic mass is 32.2. The minimum atomic E-state index is -4.78. The summed E-state index contributed by atoms with van der Waals surface area (Å²) in [5.74, 6) is -0.579. The standard InChI is InChI=1S/C28H20F3N5O3S/c29-28(30,31)24-15-23(36(35-24)20-9-6-17-10-12-33-26(32)22(17)14-20)27(37)34-19-7-4-16(5-8-19)21-3-1-2-18-11-13-40(38,39)25(18)21/h1-10,12,14-15H,11,13H2,(H2,32,33)(H,34,37). The van der Waals surface area contributed by atoms with Crippen LogP contribution in [0.4, 0.5) is 24.7 Å². The van der Waals surface area contributed by atoms with E-state index in [1.807, 2.05) is 0 Å². The Kier molecular flexibility index (Phi) is 5.88. The molecule has 40 heavy (non-hydrogen) atoms. The van der Waals surface area contributed by atoms with Crippen LogP contribution in [0.2, 0.25) is 0 Å². The average Bonchev–Trinajstić information content (AvgIpc) is 3.51. The lowest BCUT2D eigenvalue weighted by Gasteiger charge is -2.11. The first kappa shape index (κ1) is 25.6. The number of benzene rings is 3. The van der Waals surface area contributed by atoms with Crippen LogP contribution >= 0.6 is 0 Å². The molecule has 0 aliphatic carbocycles. The predicted molar refractivity (Wildman–Crippen MR) is 144 cm³/mol. The summed E-state index contributed by atoms with van der Waals surface area (Å²) in [6, 6.07) is 18.8. The summed E-state index contributed by atoms with van der Waals surface area (Å²) in [6.07, 6.45) is -2.82. The highest BCUT2D eigenvalue weighted by Crippen LogP contribution is 2.36. The summed E-state index contributed by atoms with van der Waals surface area (Å²) < 4.78 is 66.8. The second-order valence-corrected chi connectivity index (χ2v) is 11.4. The molecule has 1 aliphatic heterocycles. The maximum atomic E-state index is 13.6. The number of alkyl halides is 3. The van der Waals surface area contributed by atoms with Gasteiger partial charge in [-0.1, -0.05) is 36.4 Å². The summed E-state index contributed by atoms with van der Waals surface area (Å²) >= 11 is 0. The minimum absolute atomic E-state index is 0.0569. The molecule has 202 valence electrons. The third kappa shape index (κ3) is 4.45. The molecule has 0 saturated heterocycles. The molecule has 1 aliphatic rings. The zero-order valence-corrected chi connectivity index (χ0v) is 21.4. The van der Waals surface area contributed by atoms with Crippen LogP contribution in [0.15, 0.2) is 83.9 Å². The van der Waals surface area contributed by atoms with Crippen LogP contribution in [0, 0.1) is 0 Å². The van der Waals surface area contributed by atoms with E-state index in [-0.39, 0.29) is 23.0 Å². The van der Waals surface area contributed by atoms with Crippen molar-refractivity contribution in [3.8, 4) is 16.8 Å². The van der Waals surface area contributed by atoms with E-state index in [9.17, 15) is 26.4 Å². The number of aryl methyl sites for hydroxylation is 1. The molecule has 0 fully saturated rings. The zero-order valence-electron chi connectivity index (χ0n) is 20.6. The second kappa shape index (κ2) is 9.19. The van der Waals surface area contributed by atoms with Crippen molar-refractivity contribution in [2.24, 2.45) is 0 Å². The number of halogens is 3. The highest BCUT2D eigenvalue weighted by Gasteiger charge is 2.36. The van der Waals surface area contributed by atoms with E-state index in [0.29, 0.717) is 39.6 Å². The van der Waals surface area contributed by atoms with Crippen LogP contribution in [0.5, 0.6) is 0 Å². The number of nitrogen functional groups attached to an aromatic ring is 1. The van der Waals surface area contributed by atoms with Gasteiger partial charge in [-0.15, -0.1) is 0 Å². The molecular formula is C28H20F3N5O3S. The van der Waals surface area contributed by atoms with Gasteiger partial charge in [0.1, 0.15) is 11.5 Å². The molecule has 3 heterocycles. The number of carbonyl (C=O) groups is 1. The lowest BCUT2D eigenvalue weighted by molar-refractivity contribution is -0.141. The number of fused-ring (bicyclic) bond motifs is 2. The first-order chi connectivity index (χ1) is 19.0. The molecule has 0 bridgehead atoms. The van der Waals surface area contributed by atoms with Crippen LogP contribution in [0.25, 0.3) is 27.6 Å². The van der Waals surface area contributed by atoms with Gasteiger partial charge in [-0.25, -0.2) is 18.1 Å². The van der Waals surface area contributed by atoms with Crippen LogP contribution in [0.1, 0.15) is 21.7 Å². The van der Waals surface area contributed by atoms with Gasteiger partial charge in [0.25, 0.3) is 5.91 Å². The molecule has 0 radical (unpaired) electrons. The molecule has 5 aromatic rings. The van der Waals surface area contributed by atoms with E-state index in [0.717, 1.165) is 15.6 Å². The Balaban J connectivity index is 1.34. The molecule has 12 heteroatoms. The van der Waals surface area contributed by atoms with Gasteiger partial charge in [-0.05, 0) is 53.3 Å². The van der Waals surface area contributed by atoms with Crippen LogP contribution < -0.4 is 11.1 Å². The molecule has 0 spiro atoms. The number of rotatable bonds is 4. The fraction of sp³-hybridized carbons (Fsp3) is 0.107. The van der Waals surface area contributed by atoms with E-state index >= 15 is 0 Å². The van der Waals surface area contributed by atoms with Crippen molar-refractivity contribution >= 4 is 38.0 Å². The molecule has 3 aromatic carbocycles. The van der Waals surface area contributed by atoms with Gasteiger partial charge in [-0.3, -0.25) is 4.79 Å². The molecule has 8 nitrogen and oxygen atoms in total. The van der Waals surface area contributed by atoms with Gasteiger partial charge in [0.15, 0.2) is 15.5 Å². The molecular weight excluding hydrogens is 543 g/mol. The first-order valence-electron chi connectivity index (χ1n) is 12.1. The van der Waals surface area contributed by atoms with Gasteiger partial charge < -0.3 is 11.1 Å². The van der Waals surface area contributed by atoms with E-state index < -0.39 is 27.6 Å². The van der Waals surface area contributed by atoms with E-state index in [1.54, 1.807) is 54.6 Å². The fourth-order valence-corrected chi connectivity index (χ4v) is 6.62. The summed E-state index contributed by atoms with van der Waals surface area (Å²) in [7, 11) is -3.39. The Morgan fingerprint density at radius 2 is 1.77 bits per heavy atom. The largest absolute Gasteiger partial charge is 0.435 e. The molecule has 0 unspecified atom stereocenters. The van der Waals surface area contributed by atoms with Gasteiger partial charge in [0, 0.05) is 28.9 Å². The Bertz CT molecular complexity index is 1920. The third-order valence-electron chi connectivity index (χ3n) is 6.76. The normalized spacial score (nSPS) is 14.3. The Morgan fingerprint density at radius 3 is 2.52 bits per heavy atom. The smallest absolute Gasteiger partial charge is 0.383 e. The van der Waals surface area contributed by atoms with Gasteiger partial charge in [-0.2, -0.15) is 18.3 Å². The van der Waals surface area contributed by atoms with E-state index in [4.69, 9.17) is 5.73 Å². The lowest BCUT2D eigenvalue weighted by Crippen LogP contribution is -2.17. The number of aromatic nitrogens is 3. The van der Waals surface area contributed by atoms with Crippen molar-refractivity contribution in [1.29, 1.82) is 0 Å². The number of nitrogens with one attached hydrogen (secondary N) is 1. The summed E-state index contributed by atoms with van der Waals surface area (Å²) in [5.41, 5.74) is 6.82.